The van der Waals surface area contributed by atoms with E-state index < -0.39 is 0 Å². The lowest BCUT2D eigenvalue weighted by Gasteiger charge is -2.03. The molecule has 3 rings (SSSR count). The number of nitrogens with zero attached hydrogens (tertiary/aromatic N) is 1. The van der Waals surface area contributed by atoms with Crippen molar-refractivity contribution in [3.63, 3.8) is 0 Å². The predicted octanol–water partition coefficient (Wildman–Crippen LogP) is 2.15. The number of amides is 1. The van der Waals surface area contributed by atoms with Crippen LogP contribution >= 0.6 is 11.3 Å². The van der Waals surface area contributed by atoms with E-state index >= 15 is 0 Å². The van der Waals surface area contributed by atoms with Crippen molar-refractivity contribution in [3.05, 3.63) is 90.3 Å². The molecule has 0 atom stereocenters. The van der Waals surface area contributed by atoms with Crippen LogP contribution in [0.1, 0.15) is 34.0 Å². The van der Waals surface area contributed by atoms with Gasteiger partial charge in [-0.2, -0.15) is 0 Å². The van der Waals surface area contributed by atoms with Gasteiger partial charge in [-0.05, 0) is 38.0 Å². The number of benzene rings is 2. The lowest BCUT2D eigenvalue weighted by molar-refractivity contribution is -0.121. The van der Waals surface area contributed by atoms with Gasteiger partial charge in [-0.25, -0.2) is 0 Å². The molecule has 0 saturated carbocycles. The molecule has 1 amide bonds. The maximum absolute atomic E-state index is 13.0. The number of thiazole rings is 1. The zero-order valence-corrected chi connectivity index (χ0v) is 18.1. The molecular weight excluding hydrogens is 396 g/mol. The molecule has 1 N–H and O–H groups in total. The Labute approximate surface area is 179 Å². The molecule has 5 nitrogen and oxygen atoms in total. The predicted molar refractivity (Wildman–Crippen MR) is 121 cm³/mol. The second-order valence-electron chi connectivity index (χ2n) is 7.03. The number of carbonyl (C=O) groups excluding carboxylic acids is 2. The average Bonchev–Trinajstić information content (AvgIpc) is 2.97. The van der Waals surface area contributed by atoms with Crippen LogP contribution < -0.4 is 20.1 Å². The van der Waals surface area contributed by atoms with Crippen molar-refractivity contribution in [3.8, 4) is 0 Å². The van der Waals surface area contributed by atoms with Crippen LogP contribution in [0.4, 0.5) is 0 Å². The van der Waals surface area contributed by atoms with Crippen molar-refractivity contribution >= 4 is 35.2 Å². The molecule has 1 aromatic heterocycles. The molecule has 0 aliphatic carbocycles. The Kier molecular flexibility index (Phi) is 6.79. The first-order valence-corrected chi connectivity index (χ1v) is 10.6. The summed E-state index contributed by atoms with van der Waals surface area (Å²) in [5.41, 5.74) is 3.14. The summed E-state index contributed by atoms with van der Waals surface area (Å²) in [5, 5.41) is 2.71. The van der Waals surface area contributed by atoms with Crippen LogP contribution in [0.25, 0.3) is 12.2 Å². The molecule has 2 aromatic carbocycles. The molecule has 0 spiro atoms. The highest BCUT2D eigenvalue weighted by Crippen LogP contribution is 2.08. The zero-order chi connectivity index (χ0) is 21.7. The normalized spacial score (nSPS) is 12.2. The van der Waals surface area contributed by atoms with Crippen molar-refractivity contribution < 1.29 is 9.59 Å². The fraction of sp³-hybridized carbons (Fsp3) is 0.208. The first kappa shape index (κ1) is 21.5. The average molecular weight is 421 g/mol. The van der Waals surface area contributed by atoms with Crippen molar-refractivity contribution in [1.29, 1.82) is 0 Å². The smallest absolute Gasteiger partial charge is 0.269 e. The van der Waals surface area contributed by atoms with Crippen molar-refractivity contribution in [2.24, 2.45) is 0 Å². The molecule has 0 aliphatic heterocycles. The van der Waals surface area contributed by atoms with Gasteiger partial charge < -0.3 is 5.32 Å². The first-order chi connectivity index (χ1) is 14.4. The topological polar surface area (TPSA) is 68.2 Å². The minimum absolute atomic E-state index is 0.127. The molecule has 0 bridgehead atoms. The van der Waals surface area contributed by atoms with Crippen LogP contribution in [0, 0.1) is 13.8 Å². The highest BCUT2D eigenvalue weighted by atomic mass is 32.1. The molecule has 30 heavy (non-hydrogen) atoms. The fourth-order valence-corrected chi connectivity index (χ4v) is 4.18. The van der Waals surface area contributed by atoms with Crippen LogP contribution in [-0.4, -0.2) is 22.8 Å². The Morgan fingerprint density at radius 3 is 2.57 bits per heavy atom. The van der Waals surface area contributed by atoms with Crippen LogP contribution in [0.3, 0.4) is 0 Å². The van der Waals surface area contributed by atoms with E-state index in [1.807, 2.05) is 57.2 Å². The van der Waals surface area contributed by atoms with Crippen LogP contribution in [0.2, 0.25) is 0 Å². The van der Waals surface area contributed by atoms with Gasteiger partial charge in [-0.1, -0.05) is 54.1 Å². The summed E-state index contributed by atoms with van der Waals surface area (Å²) in [6.45, 7) is 6.02. The van der Waals surface area contributed by atoms with E-state index in [4.69, 9.17) is 0 Å². The number of hydrogen-bond donors (Lipinski definition) is 1. The largest absolute Gasteiger partial charge is 0.355 e. The van der Waals surface area contributed by atoms with Crippen molar-refractivity contribution in [1.82, 2.24) is 9.88 Å². The number of likely N-dealkylation sites (N-methyl/N-ethyl adjacent to an activating group) is 1. The van der Waals surface area contributed by atoms with Gasteiger partial charge >= 0.3 is 0 Å². The lowest BCUT2D eigenvalue weighted by Crippen LogP contribution is -2.38. The van der Waals surface area contributed by atoms with Gasteiger partial charge in [-0.3, -0.25) is 19.0 Å². The van der Waals surface area contributed by atoms with Crippen LogP contribution in [0.15, 0.2) is 53.3 Å². The van der Waals surface area contributed by atoms with E-state index in [0.29, 0.717) is 21.3 Å². The summed E-state index contributed by atoms with van der Waals surface area (Å²) in [4.78, 5) is 38.0. The molecule has 3 aromatic rings. The number of rotatable bonds is 6. The van der Waals surface area contributed by atoms with Gasteiger partial charge in [0.25, 0.3) is 5.56 Å². The second-order valence-corrected chi connectivity index (χ2v) is 8.09. The van der Waals surface area contributed by atoms with Gasteiger partial charge in [0.05, 0.1) is 4.53 Å². The van der Waals surface area contributed by atoms with Gasteiger partial charge in [0.15, 0.2) is 5.78 Å². The summed E-state index contributed by atoms with van der Waals surface area (Å²) in [5.74, 6) is -0.460. The third kappa shape index (κ3) is 5.02. The molecule has 1 heterocycles. The third-order valence-electron chi connectivity index (χ3n) is 4.62. The summed E-state index contributed by atoms with van der Waals surface area (Å²) in [7, 11) is 0. The van der Waals surface area contributed by atoms with E-state index in [0.717, 1.165) is 16.7 Å². The standard InChI is InChI=1S/C24H24N2O3S/c1-4-25-22(28)15-26-23(14-20(27)19-11-6-5-9-17(19)3)30-21(24(26)29)13-18-10-7-8-16(2)12-18/h5-14H,4,15H2,1-3H3,(H,25,28)/b21-13-,23-14-. The zero-order valence-electron chi connectivity index (χ0n) is 17.3. The highest BCUT2D eigenvalue weighted by Gasteiger charge is 2.12. The maximum atomic E-state index is 13.0. The van der Waals surface area contributed by atoms with Gasteiger partial charge in [-0.15, -0.1) is 11.3 Å². The molecular formula is C24H24N2O3S. The lowest BCUT2D eigenvalue weighted by atomic mass is 10.1. The van der Waals surface area contributed by atoms with Crippen LogP contribution in [0.5, 0.6) is 0 Å². The highest BCUT2D eigenvalue weighted by molar-refractivity contribution is 7.07. The molecule has 0 saturated heterocycles. The van der Waals surface area contributed by atoms with E-state index in [1.165, 1.54) is 22.0 Å². The van der Waals surface area contributed by atoms with E-state index in [2.05, 4.69) is 5.32 Å². The third-order valence-corrected chi connectivity index (χ3v) is 5.68. The number of nitrogens with one attached hydrogen (secondary N) is 1. The quantitative estimate of drug-likeness (QED) is 0.622. The number of hydrogen-bond acceptors (Lipinski definition) is 4. The number of Topliss-reactive ketones (excluding diaryl/α,β-unsaturated/α-hetero) is 1. The monoisotopic (exact) mass is 420 g/mol. The Morgan fingerprint density at radius 1 is 1.10 bits per heavy atom. The SMILES string of the molecule is CCNC(=O)Cn1c(=O)/c(=C/c2cccc(C)c2)s/c1=C\C(=O)c1ccccc1C. The Bertz CT molecular complexity index is 1270. The second kappa shape index (κ2) is 9.50. The van der Waals surface area contributed by atoms with Gasteiger partial charge in [0.1, 0.15) is 11.2 Å². The Morgan fingerprint density at radius 2 is 1.87 bits per heavy atom. The van der Waals surface area contributed by atoms with E-state index in [9.17, 15) is 14.4 Å². The minimum Gasteiger partial charge on any atom is -0.355 e. The summed E-state index contributed by atoms with van der Waals surface area (Å²) >= 11 is 1.21. The molecule has 0 unspecified atom stereocenters. The molecule has 154 valence electrons. The molecule has 0 radical (unpaired) electrons. The maximum Gasteiger partial charge on any atom is 0.269 e. The van der Waals surface area contributed by atoms with Crippen LogP contribution in [-0.2, 0) is 11.3 Å². The summed E-state index contributed by atoms with van der Waals surface area (Å²) in [6, 6.07) is 15.1. The molecule has 6 heteroatoms. The van der Waals surface area contributed by atoms with E-state index in [-0.39, 0.29) is 23.8 Å². The minimum atomic E-state index is -0.281. The molecule has 0 fully saturated rings. The Balaban J connectivity index is 2.15. The summed E-state index contributed by atoms with van der Waals surface area (Å²) < 4.78 is 2.31. The Hall–Kier alpha value is -3.25. The number of aromatic nitrogens is 1. The van der Waals surface area contributed by atoms with E-state index in [1.54, 1.807) is 18.2 Å². The fourth-order valence-electron chi connectivity index (χ4n) is 3.14. The molecule has 0 aliphatic rings. The van der Waals surface area contributed by atoms with Crippen molar-refractivity contribution in [2.75, 3.05) is 6.54 Å². The van der Waals surface area contributed by atoms with Crippen molar-refractivity contribution in [2.45, 2.75) is 27.3 Å². The number of carbonyl (C=O) groups is 2. The number of aryl methyl sites for hydroxylation is 2. The first-order valence-electron chi connectivity index (χ1n) is 9.75. The van der Waals surface area contributed by atoms with Gasteiger partial charge in [0.2, 0.25) is 5.91 Å². The number of ketones is 1. The summed E-state index contributed by atoms with van der Waals surface area (Å²) in [6.07, 6.45) is 3.24. The van der Waals surface area contributed by atoms with Gasteiger partial charge in [0, 0.05) is 18.2 Å².